The lowest BCUT2D eigenvalue weighted by molar-refractivity contribution is 0.381. The molecule has 0 saturated heterocycles. The van der Waals surface area contributed by atoms with E-state index in [2.05, 4.69) is 25.7 Å². The molecule has 6 nitrogen and oxygen atoms in total. The summed E-state index contributed by atoms with van der Waals surface area (Å²) in [6.07, 6.45) is 0. The van der Waals surface area contributed by atoms with Gasteiger partial charge in [-0.1, -0.05) is 58.6 Å². The van der Waals surface area contributed by atoms with E-state index in [1.807, 2.05) is 44.3 Å². The number of hydrogen-bond acceptors (Lipinski definition) is 8. The zero-order valence-corrected chi connectivity index (χ0v) is 13.1. The van der Waals surface area contributed by atoms with Crippen molar-refractivity contribution in [2.24, 2.45) is 0 Å². The summed E-state index contributed by atoms with van der Waals surface area (Å²) >= 11 is 3.05. The van der Waals surface area contributed by atoms with Crippen molar-refractivity contribution in [3.8, 4) is 11.4 Å². The Labute approximate surface area is 130 Å². The smallest absolute Gasteiger partial charge is 0.240 e. The minimum atomic E-state index is 0.0209. The number of benzene rings is 1. The highest BCUT2D eigenvalue weighted by Crippen LogP contribution is 2.37. The Morgan fingerprint density at radius 3 is 2.76 bits per heavy atom. The molecule has 0 spiro atoms. The lowest BCUT2D eigenvalue weighted by Crippen LogP contribution is -1.88. The molecule has 1 atom stereocenters. The number of rotatable bonds is 5. The molecule has 1 N–H and O–H groups in total. The van der Waals surface area contributed by atoms with E-state index in [4.69, 9.17) is 4.52 Å². The number of aromatic nitrogens is 4. The molecule has 0 aliphatic carbocycles. The van der Waals surface area contributed by atoms with Crippen LogP contribution in [0, 0.1) is 0 Å². The van der Waals surface area contributed by atoms with Crippen LogP contribution in [-0.2, 0) is 0 Å². The Morgan fingerprint density at radius 2 is 2.05 bits per heavy atom. The van der Waals surface area contributed by atoms with Crippen molar-refractivity contribution in [2.75, 3.05) is 12.4 Å². The molecule has 0 amide bonds. The van der Waals surface area contributed by atoms with Crippen molar-refractivity contribution < 1.29 is 4.52 Å². The third kappa shape index (κ3) is 3.22. The molecule has 0 saturated carbocycles. The number of thioether (sulfide) groups is 1. The number of nitrogens with one attached hydrogen (secondary N) is 1. The van der Waals surface area contributed by atoms with Crippen LogP contribution < -0.4 is 5.32 Å². The maximum Gasteiger partial charge on any atom is 0.240 e. The van der Waals surface area contributed by atoms with Crippen LogP contribution in [0.4, 0.5) is 5.13 Å². The van der Waals surface area contributed by atoms with Gasteiger partial charge in [0.05, 0.1) is 5.25 Å². The fraction of sp³-hybridized carbons (Fsp3) is 0.231. The lowest BCUT2D eigenvalue weighted by atomic mass is 10.2. The largest absolute Gasteiger partial charge is 0.363 e. The van der Waals surface area contributed by atoms with E-state index >= 15 is 0 Å². The van der Waals surface area contributed by atoms with E-state index in [0.717, 1.165) is 15.0 Å². The van der Waals surface area contributed by atoms with Crippen LogP contribution in [0.25, 0.3) is 11.4 Å². The van der Waals surface area contributed by atoms with Crippen LogP contribution in [0.1, 0.15) is 18.1 Å². The van der Waals surface area contributed by atoms with Crippen molar-refractivity contribution in [3.63, 3.8) is 0 Å². The lowest BCUT2D eigenvalue weighted by Gasteiger charge is -2.01. The van der Waals surface area contributed by atoms with Gasteiger partial charge < -0.3 is 9.84 Å². The molecule has 2 aromatic heterocycles. The molecule has 2 heterocycles. The summed E-state index contributed by atoms with van der Waals surface area (Å²) < 4.78 is 6.21. The van der Waals surface area contributed by atoms with Gasteiger partial charge in [-0.05, 0) is 6.92 Å². The Kier molecular flexibility index (Phi) is 4.16. The van der Waals surface area contributed by atoms with Gasteiger partial charge in [0, 0.05) is 12.6 Å². The first-order valence-electron chi connectivity index (χ1n) is 6.33. The highest BCUT2D eigenvalue weighted by atomic mass is 32.2. The molecule has 0 radical (unpaired) electrons. The highest BCUT2D eigenvalue weighted by molar-refractivity contribution is 8.01. The van der Waals surface area contributed by atoms with E-state index in [1.165, 1.54) is 11.3 Å². The predicted octanol–water partition coefficient (Wildman–Crippen LogP) is 3.48. The minimum Gasteiger partial charge on any atom is -0.363 e. The summed E-state index contributed by atoms with van der Waals surface area (Å²) in [6, 6.07) is 9.76. The second kappa shape index (κ2) is 6.23. The summed E-state index contributed by atoms with van der Waals surface area (Å²) in [7, 11) is 1.82. The average Bonchev–Trinajstić information content (AvgIpc) is 3.17. The Morgan fingerprint density at radius 1 is 1.24 bits per heavy atom. The quantitative estimate of drug-likeness (QED) is 0.721. The Bertz CT molecular complexity index is 712. The van der Waals surface area contributed by atoms with Crippen LogP contribution in [0.2, 0.25) is 0 Å². The zero-order chi connectivity index (χ0) is 14.7. The van der Waals surface area contributed by atoms with Gasteiger partial charge in [0.2, 0.25) is 16.8 Å². The summed E-state index contributed by atoms with van der Waals surface area (Å²) in [6.45, 7) is 2.01. The molecule has 108 valence electrons. The molecule has 3 aromatic rings. The molecule has 21 heavy (non-hydrogen) atoms. The highest BCUT2D eigenvalue weighted by Gasteiger charge is 2.18. The predicted molar refractivity (Wildman–Crippen MR) is 83.5 cm³/mol. The van der Waals surface area contributed by atoms with Crippen LogP contribution in [0.15, 0.2) is 39.2 Å². The third-order valence-corrected chi connectivity index (χ3v) is 4.83. The van der Waals surface area contributed by atoms with Crippen molar-refractivity contribution in [3.05, 3.63) is 36.2 Å². The third-order valence-electron chi connectivity index (χ3n) is 2.72. The van der Waals surface area contributed by atoms with Gasteiger partial charge in [0.25, 0.3) is 0 Å². The number of hydrogen-bond donors (Lipinski definition) is 1. The molecule has 3 rings (SSSR count). The molecular weight excluding hydrogens is 306 g/mol. The summed E-state index contributed by atoms with van der Waals surface area (Å²) in [5.74, 6) is 1.19. The van der Waals surface area contributed by atoms with E-state index in [9.17, 15) is 0 Å². The monoisotopic (exact) mass is 319 g/mol. The topological polar surface area (TPSA) is 76.7 Å². The zero-order valence-electron chi connectivity index (χ0n) is 11.5. The second-order valence-corrected chi connectivity index (χ2v) is 6.77. The second-order valence-electron chi connectivity index (χ2n) is 4.21. The normalized spacial score (nSPS) is 12.3. The minimum absolute atomic E-state index is 0.0209. The molecule has 0 aliphatic heterocycles. The van der Waals surface area contributed by atoms with E-state index in [-0.39, 0.29) is 5.25 Å². The van der Waals surface area contributed by atoms with Crippen molar-refractivity contribution in [1.29, 1.82) is 0 Å². The van der Waals surface area contributed by atoms with Gasteiger partial charge in [-0.25, -0.2) is 0 Å². The summed E-state index contributed by atoms with van der Waals surface area (Å²) in [4.78, 5) is 4.45. The molecule has 0 unspecified atom stereocenters. The first-order valence-corrected chi connectivity index (χ1v) is 8.03. The molecule has 8 heteroatoms. The van der Waals surface area contributed by atoms with Crippen molar-refractivity contribution in [1.82, 2.24) is 20.3 Å². The molecular formula is C13H13N5OS2. The van der Waals surface area contributed by atoms with Crippen LogP contribution in [0.3, 0.4) is 0 Å². The van der Waals surface area contributed by atoms with E-state index < -0.39 is 0 Å². The van der Waals surface area contributed by atoms with Gasteiger partial charge in [0.1, 0.15) is 0 Å². The molecule has 1 aromatic carbocycles. The van der Waals surface area contributed by atoms with Crippen LogP contribution >= 0.6 is 23.1 Å². The standard InChI is InChI=1S/C13H13N5OS2/c1-8(20-13-17-16-12(14-2)21-13)11-15-10(18-19-11)9-6-4-3-5-7-9/h3-8H,1-2H3,(H,14,16)/t8-/m0/s1. The fourth-order valence-electron chi connectivity index (χ4n) is 1.66. The maximum absolute atomic E-state index is 5.35. The SMILES string of the molecule is CNc1nnc(S[C@@H](C)c2nc(-c3ccccc3)no2)s1. The first-order chi connectivity index (χ1) is 10.3. The van der Waals surface area contributed by atoms with Gasteiger partial charge in [0.15, 0.2) is 4.34 Å². The van der Waals surface area contributed by atoms with Gasteiger partial charge in [-0.15, -0.1) is 10.2 Å². The Balaban J connectivity index is 1.73. The summed E-state index contributed by atoms with van der Waals surface area (Å²) in [5, 5.41) is 15.9. The fourth-order valence-corrected chi connectivity index (χ4v) is 3.54. The van der Waals surface area contributed by atoms with Crippen LogP contribution in [0.5, 0.6) is 0 Å². The maximum atomic E-state index is 5.35. The van der Waals surface area contributed by atoms with Gasteiger partial charge in [-0.2, -0.15) is 4.98 Å². The van der Waals surface area contributed by atoms with Crippen LogP contribution in [-0.4, -0.2) is 27.4 Å². The molecule has 0 aliphatic rings. The average molecular weight is 319 g/mol. The summed E-state index contributed by atoms with van der Waals surface area (Å²) in [5.41, 5.74) is 0.943. The van der Waals surface area contributed by atoms with E-state index in [0.29, 0.717) is 11.7 Å². The van der Waals surface area contributed by atoms with E-state index in [1.54, 1.807) is 11.8 Å². The number of nitrogens with zero attached hydrogens (tertiary/aromatic N) is 4. The van der Waals surface area contributed by atoms with Gasteiger partial charge >= 0.3 is 0 Å². The van der Waals surface area contributed by atoms with Crippen molar-refractivity contribution >= 4 is 28.2 Å². The molecule has 0 bridgehead atoms. The van der Waals surface area contributed by atoms with Gasteiger partial charge in [-0.3, -0.25) is 0 Å². The van der Waals surface area contributed by atoms with Crippen molar-refractivity contribution in [2.45, 2.75) is 16.5 Å². The first kappa shape index (κ1) is 14.0. The number of anilines is 1. The Hall–Kier alpha value is -1.93. The molecule has 0 fully saturated rings.